The fourth-order valence-corrected chi connectivity index (χ4v) is 3.90. The third kappa shape index (κ3) is 4.69. The Labute approximate surface area is 187 Å². The molecular weight excluding hydrogens is 440 g/mol. The third-order valence-corrected chi connectivity index (χ3v) is 5.54. The quantitative estimate of drug-likeness (QED) is 0.669. The minimum atomic E-state index is -1.07. The third-order valence-electron chi connectivity index (χ3n) is 5.54. The van der Waals surface area contributed by atoms with Crippen molar-refractivity contribution in [1.29, 1.82) is 0 Å². The van der Waals surface area contributed by atoms with Crippen molar-refractivity contribution in [3.63, 3.8) is 0 Å². The van der Waals surface area contributed by atoms with Crippen molar-refractivity contribution in [1.82, 2.24) is 15.2 Å². The molecule has 2 aromatic rings. The molecule has 174 valence electrons. The summed E-state index contributed by atoms with van der Waals surface area (Å²) in [5, 5.41) is 2.38. The number of hydrogen-bond acceptors (Lipinski definition) is 7. The molecule has 2 aliphatic heterocycles. The van der Waals surface area contributed by atoms with Gasteiger partial charge in [-0.05, 0) is 17.7 Å². The van der Waals surface area contributed by atoms with Crippen molar-refractivity contribution in [3.8, 4) is 11.1 Å². The number of ether oxygens (including phenoxy) is 3. The number of esters is 1. The molecule has 0 radical (unpaired) electrons. The average molecular weight is 461 g/mol. The summed E-state index contributed by atoms with van der Waals surface area (Å²) >= 11 is 0. The van der Waals surface area contributed by atoms with E-state index < -0.39 is 47.8 Å². The minimum Gasteiger partial charge on any atom is -0.467 e. The predicted molar refractivity (Wildman–Crippen MR) is 109 cm³/mol. The van der Waals surface area contributed by atoms with Crippen LogP contribution in [0.2, 0.25) is 0 Å². The van der Waals surface area contributed by atoms with Gasteiger partial charge in [0, 0.05) is 24.2 Å². The first-order valence-corrected chi connectivity index (χ1v) is 10.2. The molecule has 2 fully saturated rings. The lowest BCUT2D eigenvalue weighted by molar-refractivity contribution is -0.152. The Morgan fingerprint density at radius 3 is 2.55 bits per heavy atom. The molecule has 4 rings (SSSR count). The van der Waals surface area contributed by atoms with Crippen LogP contribution in [-0.4, -0.2) is 72.9 Å². The number of benzene rings is 1. The number of rotatable bonds is 5. The van der Waals surface area contributed by atoms with E-state index in [2.05, 4.69) is 10.3 Å². The number of likely N-dealkylation sites (tertiary alicyclic amines) is 1. The van der Waals surface area contributed by atoms with Crippen LogP contribution in [0.3, 0.4) is 0 Å². The van der Waals surface area contributed by atoms with Gasteiger partial charge in [0.2, 0.25) is 5.91 Å². The van der Waals surface area contributed by atoms with Gasteiger partial charge >= 0.3 is 5.97 Å². The first-order valence-electron chi connectivity index (χ1n) is 10.2. The zero-order chi connectivity index (χ0) is 23.6. The smallest absolute Gasteiger partial charge is 0.328 e. The van der Waals surface area contributed by atoms with Crippen LogP contribution in [0.1, 0.15) is 16.9 Å². The molecule has 2 aliphatic rings. The lowest BCUT2D eigenvalue weighted by Crippen LogP contribution is -2.46. The van der Waals surface area contributed by atoms with Crippen LogP contribution >= 0.6 is 0 Å². The summed E-state index contributed by atoms with van der Waals surface area (Å²) in [5.41, 5.74) is 0.259. The van der Waals surface area contributed by atoms with Crippen LogP contribution in [0, 0.1) is 11.6 Å². The molecule has 9 nitrogen and oxygen atoms in total. The van der Waals surface area contributed by atoms with E-state index in [0.717, 1.165) is 12.3 Å². The van der Waals surface area contributed by atoms with Crippen molar-refractivity contribution in [2.75, 3.05) is 33.4 Å². The number of amides is 2. The zero-order valence-corrected chi connectivity index (χ0v) is 17.7. The molecule has 1 spiro atoms. The first-order chi connectivity index (χ1) is 15.8. The van der Waals surface area contributed by atoms with E-state index in [1.165, 1.54) is 36.3 Å². The van der Waals surface area contributed by atoms with Crippen LogP contribution < -0.4 is 5.32 Å². The van der Waals surface area contributed by atoms with E-state index in [0.29, 0.717) is 18.8 Å². The molecule has 11 heteroatoms. The predicted octanol–water partition coefficient (Wildman–Crippen LogP) is 1.27. The van der Waals surface area contributed by atoms with Crippen LogP contribution in [0.5, 0.6) is 0 Å². The SMILES string of the molecule is COC(=O)[C@@H]1CC2(CN1C(=O)CNC(=O)c1cc(F)c(-c3ccc(F)cc3)cn1)OCCO2. The maximum absolute atomic E-state index is 14.5. The molecule has 0 aliphatic carbocycles. The second kappa shape index (κ2) is 9.20. The number of carbonyl (C=O) groups is 3. The van der Waals surface area contributed by atoms with E-state index in [1.807, 2.05) is 0 Å². The van der Waals surface area contributed by atoms with Gasteiger partial charge in [0.1, 0.15) is 23.4 Å². The molecule has 0 saturated carbocycles. The lowest BCUT2D eigenvalue weighted by Gasteiger charge is -2.23. The van der Waals surface area contributed by atoms with Crippen LogP contribution in [0.25, 0.3) is 11.1 Å². The molecule has 0 bridgehead atoms. The van der Waals surface area contributed by atoms with Crippen molar-refractivity contribution in [3.05, 3.63) is 53.9 Å². The first kappa shape index (κ1) is 22.7. The van der Waals surface area contributed by atoms with Crippen molar-refractivity contribution < 1.29 is 37.4 Å². The van der Waals surface area contributed by atoms with Gasteiger partial charge in [-0.3, -0.25) is 14.6 Å². The maximum atomic E-state index is 14.5. The fourth-order valence-electron chi connectivity index (χ4n) is 3.90. The van der Waals surface area contributed by atoms with Crippen LogP contribution in [0.15, 0.2) is 36.5 Å². The molecule has 1 aromatic carbocycles. The van der Waals surface area contributed by atoms with Crippen LogP contribution in [-0.2, 0) is 23.8 Å². The normalized spacial score (nSPS) is 19.0. The topological polar surface area (TPSA) is 107 Å². The van der Waals surface area contributed by atoms with Gasteiger partial charge in [-0.2, -0.15) is 0 Å². The number of methoxy groups -OCH3 is 1. The molecule has 33 heavy (non-hydrogen) atoms. The Morgan fingerprint density at radius 1 is 1.21 bits per heavy atom. The Morgan fingerprint density at radius 2 is 1.91 bits per heavy atom. The van der Waals surface area contributed by atoms with E-state index in [1.54, 1.807) is 0 Å². The van der Waals surface area contributed by atoms with Gasteiger partial charge in [-0.15, -0.1) is 0 Å². The van der Waals surface area contributed by atoms with E-state index in [-0.39, 0.29) is 24.2 Å². The van der Waals surface area contributed by atoms with Gasteiger partial charge < -0.3 is 24.4 Å². The summed E-state index contributed by atoms with van der Waals surface area (Å²) in [6.45, 7) is 0.252. The highest BCUT2D eigenvalue weighted by atomic mass is 19.1. The largest absolute Gasteiger partial charge is 0.467 e. The van der Waals surface area contributed by atoms with Crippen molar-refractivity contribution in [2.24, 2.45) is 0 Å². The highest BCUT2D eigenvalue weighted by Crippen LogP contribution is 2.35. The fraction of sp³-hybridized carbons (Fsp3) is 0.364. The van der Waals surface area contributed by atoms with E-state index in [4.69, 9.17) is 14.2 Å². The Kier molecular flexibility index (Phi) is 6.34. The summed E-state index contributed by atoms with van der Waals surface area (Å²) in [4.78, 5) is 42.5. The van der Waals surface area contributed by atoms with Gasteiger partial charge in [0.25, 0.3) is 5.91 Å². The number of carbonyl (C=O) groups excluding carboxylic acids is 3. The number of nitrogens with one attached hydrogen (secondary N) is 1. The Hall–Kier alpha value is -3.44. The van der Waals surface area contributed by atoms with Gasteiger partial charge in [-0.1, -0.05) is 12.1 Å². The monoisotopic (exact) mass is 461 g/mol. The lowest BCUT2D eigenvalue weighted by atomic mass is 10.1. The summed E-state index contributed by atoms with van der Waals surface area (Å²) in [7, 11) is 1.21. The molecule has 2 saturated heterocycles. The van der Waals surface area contributed by atoms with Crippen LogP contribution in [0.4, 0.5) is 8.78 Å². The molecule has 1 N–H and O–H groups in total. The molecule has 2 amide bonds. The summed E-state index contributed by atoms with van der Waals surface area (Å²) < 4.78 is 43.5. The van der Waals surface area contributed by atoms with Gasteiger partial charge in [-0.25, -0.2) is 13.6 Å². The molecule has 1 aromatic heterocycles. The number of halogens is 2. The van der Waals surface area contributed by atoms with Crippen molar-refractivity contribution in [2.45, 2.75) is 18.2 Å². The molecule has 3 heterocycles. The number of aromatic nitrogens is 1. The van der Waals surface area contributed by atoms with E-state index in [9.17, 15) is 23.2 Å². The molecule has 0 unspecified atom stereocenters. The maximum Gasteiger partial charge on any atom is 0.328 e. The second-order valence-corrected chi connectivity index (χ2v) is 7.61. The van der Waals surface area contributed by atoms with Gasteiger partial charge in [0.15, 0.2) is 5.79 Å². The average Bonchev–Trinajstić information content (AvgIpc) is 3.44. The number of pyridine rings is 1. The summed E-state index contributed by atoms with van der Waals surface area (Å²) in [5.74, 6) is -4.21. The summed E-state index contributed by atoms with van der Waals surface area (Å²) in [6.07, 6.45) is 1.28. The highest BCUT2D eigenvalue weighted by Gasteiger charge is 2.52. The minimum absolute atomic E-state index is 0.0146. The number of hydrogen-bond donors (Lipinski definition) is 1. The zero-order valence-electron chi connectivity index (χ0n) is 17.7. The van der Waals surface area contributed by atoms with Crippen molar-refractivity contribution >= 4 is 17.8 Å². The Bertz CT molecular complexity index is 1070. The van der Waals surface area contributed by atoms with Gasteiger partial charge in [0.05, 0.1) is 33.4 Å². The molecular formula is C22H21F2N3O6. The second-order valence-electron chi connectivity index (χ2n) is 7.61. The number of nitrogens with zero attached hydrogens (tertiary/aromatic N) is 2. The summed E-state index contributed by atoms with van der Waals surface area (Å²) in [6, 6.07) is 5.18. The van der Waals surface area contributed by atoms with E-state index >= 15 is 0 Å². The molecule has 1 atom stereocenters. The Balaban J connectivity index is 1.41. The standard InChI is InChI=1S/C22H21F2N3O6/c1-31-21(30)18-9-22(32-6-7-33-22)12-27(18)19(28)11-26-20(29)17-8-16(24)15(10-25-17)13-2-4-14(23)5-3-13/h2-5,8,10,18H,6-7,9,11-12H2,1H3,(H,26,29)/t18-/m0/s1. The highest BCUT2D eigenvalue weighted by molar-refractivity contribution is 5.96.